The van der Waals surface area contributed by atoms with Crippen molar-refractivity contribution in [3.8, 4) is 0 Å². The molecule has 12 heteroatoms. The van der Waals surface area contributed by atoms with E-state index in [0.29, 0.717) is 16.3 Å². The molecule has 0 spiro atoms. The molecule has 2 rings (SSSR count). The number of carbonyl (C=O) groups excluding carboxylic acids is 2. The van der Waals surface area contributed by atoms with Crippen molar-refractivity contribution in [2.45, 2.75) is 25.7 Å². The van der Waals surface area contributed by atoms with Crippen LogP contribution < -0.4 is 22.5 Å². The van der Waals surface area contributed by atoms with Gasteiger partial charge in [0, 0.05) is 30.4 Å². The molecule has 1 heterocycles. The Morgan fingerprint density at radius 1 is 0.972 bits per heavy atom. The average molecular weight is 527 g/mol. The molecule has 200 valence electrons. The molecule has 7 N–H and O–H groups in total. The van der Waals surface area contributed by atoms with Gasteiger partial charge in [0.15, 0.2) is 0 Å². The minimum atomic E-state index is -1.97. The summed E-state index contributed by atoms with van der Waals surface area (Å²) < 4.78 is 28.4. The van der Waals surface area contributed by atoms with Crippen molar-refractivity contribution in [2.75, 3.05) is 53.2 Å². The van der Waals surface area contributed by atoms with Crippen molar-refractivity contribution in [1.82, 2.24) is 5.32 Å². The first kappa shape index (κ1) is 29.7. The number of esters is 2. The van der Waals surface area contributed by atoms with Crippen molar-refractivity contribution in [3.63, 3.8) is 0 Å². The molecule has 1 aromatic carbocycles. The molecule has 0 aliphatic carbocycles. The first-order valence-corrected chi connectivity index (χ1v) is 11.9. The Labute approximate surface area is 215 Å². The van der Waals surface area contributed by atoms with Gasteiger partial charge in [0.1, 0.15) is 5.70 Å². The quantitative estimate of drug-likeness (QED) is 0.200. The van der Waals surface area contributed by atoms with Crippen molar-refractivity contribution >= 4 is 23.5 Å². The van der Waals surface area contributed by atoms with E-state index in [4.69, 9.17) is 52.5 Å². The van der Waals surface area contributed by atoms with Gasteiger partial charge in [-0.2, -0.15) is 0 Å². The standard InChI is InChI=1S/C24H35ClN4O7/c1-4-33-23(31)20-19(16-7-5-6-8-17(16)25)18(22(30)32-3)15(2)29-21(20)24(34-12-9-26,35-13-10-27)36-14-11-28/h5-8,19,29H,4,9-14,26-28H2,1-3H3. The molecule has 0 bridgehead atoms. The lowest BCUT2D eigenvalue weighted by Crippen LogP contribution is -2.51. The summed E-state index contributed by atoms with van der Waals surface area (Å²) in [6.07, 6.45) is 0. The van der Waals surface area contributed by atoms with Crippen molar-refractivity contribution in [3.05, 3.63) is 57.4 Å². The van der Waals surface area contributed by atoms with Crippen LogP contribution in [0.2, 0.25) is 5.02 Å². The third-order valence-electron chi connectivity index (χ3n) is 5.22. The fraction of sp³-hybridized carbons (Fsp3) is 0.500. The third-order valence-corrected chi connectivity index (χ3v) is 5.56. The largest absolute Gasteiger partial charge is 0.466 e. The van der Waals surface area contributed by atoms with Crippen LogP contribution in [0, 0.1) is 0 Å². The molecule has 1 aliphatic heterocycles. The number of ether oxygens (including phenoxy) is 5. The number of dihydropyridines is 1. The highest BCUT2D eigenvalue weighted by Crippen LogP contribution is 2.45. The summed E-state index contributed by atoms with van der Waals surface area (Å²) in [4.78, 5) is 26.5. The number of allylic oxidation sites excluding steroid dienone is 1. The van der Waals surface area contributed by atoms with E-state index in [1.807, 2.05) is 0 Å². The SMILES string of the molecule is CCOC(=O)C1=C(C(OCCN)(OCCN)OCCN)NC(C)=C(C(=O)OC)C1c1ccccc1Cl. The van der Waals surface area contributed by atoms with Gasteiger partial charge in [-0.1, -0.05) is 29.8 Å². The van der Waals surface area contributed by atoms with E-state index >= 15 is 0 Å². The molecule has 1 aliphatic rings. The van der Waals surface area contributed by atoms with Crippen LogP contribution in [0.1, 0.15) is 25.3 Å². The molecule has 0 saturated carbocycles. The van der Waals surface area contributed by atoms with E-state index in [-0.39, 0.29) is 62.9 Å². The number of rotatable bonds is 14. The molecule has 0 aromatic heterocycles. The number of hydrogen-bond donors (Lipinski definition) is 4. The first-order chi connectivity index (χ1) is 17.3. The summed E-state index contributed by atoms with van der Waals surface area (Å²) in [6, 6.07) is 6.83. The van der Waals surface area contributed by atoms with Gasteiger partial charge in [0.2, 0.25) is 0 Å². The van der Waals surface area contributed by atoms with Crippen LogP contribution >= 0.6 is 11.6 Å². The number of halogens is 1. The molecule has 1 atom stereocenters. The highest BCUT2D eigenvalue weighted by atomic mass is 35.5. The molecular weight excluding hydrogens is 492 g/mol. The Hall–Kier alpha value is -2.51. The average Bonchev–Trinajstić information content (AvgIpc) is 2.88. The Bertz CT molecular complexity index is 961. The van der Waals surface area contributed by atoms with Crippen LogP contribution in [0.15, 0.2) is 46.8 Å². The predicted molar refractivity (Wildman–Crippen MR) is 133 cm³/mol. The number of carbonyl (C=O) groups is 2. The highest BCUT2D eigenvalue weighted by Gasteiger charge is 2.49. The molecule has 0 fully saturated rings. The molecule has 1 unspecified atom stereocenters. The molecule has 0 saturated heterocycles. The fourth-order valence-electron chi connectivity index (χ4n) is 3.82. The maximum absolute atomic E-state index is 13.6. The summed E-state index contributed by atoms with van der Waals surface area (Å²) in [5, 5.41) is 3.39. The Morgan fingerprint density at radius 2 is 1.53 bits per heavy atom. The Morgan fingerprint density at radius 3 is 2.00 bits per heavy atom. The minimum Gasteiger partial charge on any atom is -0.466 e. The number of nitrogens with two attached hydrogens (primary N) is 3. The van der Waals surface area contributed by atoms with Crippen LogP contribution in [-0.2, 0) is 33.3 Å². The van der Waals surface area contributed by atoms with Gasteiger partial charge in [-0.25, -0.2) is 9.59 Å². The predicted octanol–water partition coefficient (Wildman–Crippen LogP) is 0.871. The van der Waals surface area contributed by atoms with Gasteiger partial charge in [-0.05, 0) is 25.5 Å². The first-order valence-electron chi connectivity index (χ1n) is 11.6. The van der Waals surface area contributed by atoms with E-state index < -0.39 is 23.8 Å². The van der Waals surface area contributed by atoms with Crippen molar-refractivity contribution in [2.24, 2.45) is 17.2 Å². The zero-order valence-corrected chi connectivity index (χ0v) is 21.6. The maximum atomic E-state index is 13.6. The second kappa shape index (κ2) is 14.3. The van der Waals surface area contributed by atoms with Gasteiger partial charge in [-0.15, -0.1) is 0 Å². The lowest BCUT2D eigenvalue weighted by molar-refractivity contribution is -0.356. The molecule has 36 heavy (non-hydrogen) atoms. The van der Waals surface area contributed by atoms with Gasteiger partial charge in [-0.3, -0.25) is 0 Å². The van der Waals surface area contributed by atoms with E-state index in [2.05, 4.69) is 5.32 Å². The summed E-state index contributed by atoms with van der Waals surface area (Å²) in [7, 11) is 1.25. The zero-order valence-electron chi connectivity index (χ0n) is 20.8. The number of nitrogens with one attached hydrogen (secondary N) is 1. The van der Waals surface area contributed by atoms with Crippen LogP contribution in [0.5, 0.6) is 0 Å². The zero-order chi connectivity index (χ0) is 26.7. The molecule has 0 radical (unpaired) electrons. The molecule has 11 nitrogen and oxygen atoms in total. The Kier molecular flexibility index (Phi) is 11.8. The van der Waals surface area contributed by atoms with Crippen molar-refractivity contribution < 1.29 is 33.3 Å². The number of hydrogen-bond acceptors (Lipinski definition) is 11. The van der Waals surface area contributed by atoms with E-state index in [1.54, 1.807) is 38.1 Å². The molecule has 1 aromatic rings. The van der Waals surface area contributed by atoms with Gasteiger partial charge >= 0.3 is 17.9 Å². The normalized spacial score (nSPS) is 16.1. The topological polar surface area (TPSA) is 170 Å². The smallest absolute Gasteiger partial charge is 0.337 e. The van der Waals surface area contributed by atoms with Gasteiger partial charge < -0.3 is 46.2 Å². The van der Waals surface area contributed by atoms with Crippen LogP contribution in [0.3, 0.4) is 0 Å². The molecule has 0 amide bonds. The third kappa shape index (κ3) is 6.62. The Balaban J connectivity index is 2.95. The van der Waals surface area contributed by atoms with Gasteiger partial charge in [0.25, 0.3) is 0 Å². The summed E-state index contributed by atoms with van der Waals surface area (Å²) in [5.74, 6) is -4.38. The second-order valence-electron chi connectivity index (χ2n) is 7.59. The molecular formula is C24H35ClN4O7. The van der Waals surface area contributed by atoms with Crippen molar-refractivity contribution in [1.29, 1.82) is 0 Å². The fourth-order valence-corrected chi connectivity index (χ4v) is 4.06. The van der Waals surface area contributed by atoms with Crippen LogP contribution in [0.4, 0.5) is 0 Å². The summed E-state index contributed by atoms with van der Waals surface area (Å²) >= 11 is 6.57. The summed E-state index contributed by atoms with van der Waals surface area (Å²) in [5.41, 5.74) is 18.2. The monoisotopic (exact) mass is 526 g/mol. The lowest BCUT2D eigenvalue weighted by atomic mass is 9.79. The number of methoxy groups -OCH3 is 1. The van der Waals surface area contributed by atoms with E-state index in [0.717, 1.165) is 0 Å². The lowest BCUT2D eigenvalue weighted by Gasteiger charge is -2.40. The van der Waals surface area contributed by atoms with E-state index in [1.165, 1.54) is 7.11 Å². The second-order valence-corrected chi connectivity index (χ2v) is 7.99. The highest BCUT2D eigenvalue weighted by molar-refractivity contribution is 6.31. The number of benzene rings is 1. The maximum Gasteiger partial charge on any atom is 0.337 e. The van der Waals surface area contributed by atoms with Crippen LogP contribution in [-0.4, -0.2) is 71.1 Å². The van der Waals surface area contributed by atoms with Crippen LogP contribution in [0.25, 0.3) is 0 Å². The summed E-state index contributed by atoms with van der Waals surface area (Å²) in [6.45, 7) is 3.74. The minimum absolute atomic E-state index is 0.000190. The van der Waals surface area contributed by atoms with E-state index in [9.17, 15) is 9.59 Å². The van der Waals surface area contributed by atoms with Gasteiger partial charge in [0.05, 0.1) is 50.6 Å².